The van der Waals surface area contributed by atoms with Crippen LogP contribution in [0.3, 0.4) is 0 Å². The highest BCUT2D eigenvalue weighted by molar-refractivity contribution is 5.84. The molecule has 2 rings (SSSR count). The van der Waals surface area contributed by atoms with Crippen molar-refractivity contribution < 1.29 is 14.6 Å². The minimum Gasteiger partial charge on any atom is -0.354 e. The van der Waals surface area contributed by atoms with Crippen molar-refractivity contribution in [2.45, 2.75) is 0 Å². The van der Waals surface area contributed by atoms with E-state index in [1.807, 2.05) is 0 Å². The number of carbonyl (C=O) groups is 1. The molecule has 0 radical (unpaired) electrons. The third-order valence-electron chi connectivity index (χ3n) is 2.79. The highest BCUT2D eigenvalue weighted by Crippen LogP contribution is 2.29. The van der Waals surface area contributed by atoms with Gasteiger partial charge in [0.05, 0.1) is 21.2 Å². The number of benzene rings is 2. The topological polar surface area (TPSA) is 127 Å². The fourth-order valence-electron chi connectivity index (χ4n) is 1.76. The fourth-order valence-corrected chi connectivity index (χ4v) is 1.76. The fraction of sp³-hybridized carbons (Fsp3) is 0. The highest BCUT2D eigenvalue weighted by Gasteiger charge is 2.11. The van der Waals surface area contributed by atoms with E-state index < -0.39 is 9.85 Å². The van der Waals surface area contributed by atoms with Crippen molar-refractivity contribution in [3.8, 4) is 0 Å². The molecule has 2 aromatic carbocycles. The number of anilines is 3. The molecule has 0 aliphatic rings. The average Bonchev–Trinajstić information content (AvgIpc) is 2.49. The summed E-state index contributed by atoms with van der Waals surface area (Å²) < 4.78 is 0. The Bertz CT molecular complexity index is 730. The van der Waals surface area contributed by atoms with E-state index in [1.165, 1.54) is 42.5 Å². The Morgan fingerprint density at radius 3 is 2.00 bits per heavy atom. The molecule has 1 amide bonds. The Morgan fingerprint density at radius 1 is 0.864 bits per heavy atom. The van der Waals surface area contributed by atoms with E-state index in [-0.39, 0.29) is 17.1 Å². The molecule has 0 atom stereocenters. The molecule has 0 fully saturated rings. The van der Waals surface area contributed by atoms with E-state index in [9.17, 15) is 25.0 Å². The standard InChI is InChI=1S/C13H10N4O5/c18-8-14-13-7-11(17(21)22)5-6-12(13)15-9-1-3-10(4-2-9)16(19)20/h1-8,15H,(H,14,18). The molecule has 0 bridgehead atoms. The first-order chi connectivity index (χ1) is 10.5. The molecule has 0 spiro atoms. The van der Waals surface area contributed by atoms with Gasteiger partial charge in [-0.2, -0.15) is 0 Å². The minimum absolute atomic E-state index is 0.0551. The van der Waals surface area contributed by atoms with Crippen LogP contribution in [0.4, 0.5) is 28.4 Å². The lowest BCUT2D eigenvalue weighted by molar-refractivity contribution is -0.385. The van der Waals surface area contributed by atoms with Gasteiger partial charge in [0.15, 0.2) is 0 Å². The molecule has 112 valence electrons. The van der Waals surface area contributed by atoms with Gasteiger partial charge in [0, 0.05) is 30.0 Å². The van der Waals surface area contributed by atoms with Crippen molar-refractivity contribution in [3.05, 3.63) is 62.7 Å². The summed E-state index contributed by atoms with van der Waals surface area (Å²) in [5, 5.41) is 26.6. The van der Waals surface area contributed by atoms with Crippen LogP contribution in [0, 0.1) is 20.2 Å². The molecule has 9 nitrogen and oxygen atoms in total. The zero-order valence-corrected chi connectivity index (χ0v) is 11.1. The number of nitro benzene ring substituents is 2. The summed E-state index contributed by atoms with van der Waals surface area (Å²) >= 11 is 0. The van der Waals surface area contributed by atoms with Crippen LogP contribution in [0.2, 0.25) is 0 Å². The molecule has 0 aliphatic heterocycles. The van der Waals surface area contributed by atoms with Gasteiger partial charge in [-0.3, -0.25) is 25.0 Å². The zero-order valence-electron chi connectivity index (χ0n) is 11.1. The number of nitro groups is 2. The summed E-state index contributed by atoms with van der Waals surface area (Å²) in [7, 11) is 0. The lowest BCUT2D eigenvalue weighted by atomic mass is 10.2. The minimum atomic E-state index is -0.578. The van der Waals surface area contributed by atoms with Gasteiger partial charge in [-0.05, 0) is 18.2 Å². The average molecular weight is 302 g/mol. The van der Waals surface area contributed by atoms with E-state index in [4.69, 9.17) is 0 Å². The summed E-state index contributed by atoms with van der Waals surface area (Å²) in [4.78, 5) is 30.8. The van der Waals surface area contributed by atoms with Crippen LogP contribution in [0.5, 0.6) is 0 Å². The number of hydrogen-bond donors (Lipinski definition) is 2. The van der Waals surface area contributed by atoms with Crippen molar-refractivity contribution in [1.29, 1.82) is 0 Å². The number of amides is 1. The van der Waals surface area contributed by atoms with E-state index >= 15 is 0 Å². The molecule has 0 aromatic heterocycles. The van der Waals surface area contributed by atoms with E-state index in [2.05, 4.69) is 10.6 Å². The Kier molecular flexibility index (Phi) is 4.27. The number of nitrogens with zero attached hydrogens (tertiary/aromatic N) is 2. The number of rotatable bonds is 6. The van der Waals surface area contributed by atoms with Gasteiger partial charge in [-0.1, -0.05) is 0 Å². The van der Waals surface area contributed by atoms with Gasteiger partial charge in [0.25, 0.3) is 11.4 Å². The molecule has 0 saturated carbocycles. The number of non-ortho nitro benzene ring substituents is 2. The Hall–Kier alpha value is -3.49. The largest absolute Gasteiger partial charge is 0.354 e. The molecular formula is C13H10N4O5. The van der Waals surface area contributed by atoms with Crippen molar-refractivity contribution in [1.82, 2.24) is 0 Å². The van der Waals surface area contributed by atoms with Crippen molar-refractivity contribution in [3.63, 3.8) is 0 Å². The zero-order chi connectivity index (χ0) is 16.1. The van der Waals surface area contributed by atoms with Crippen molar-refractivity contribution in [2.24, 2.45) is 0 Å². The predicted octanol–water partition coefficient (Wildman–Crippen LogP) is 2.81. The van der Waals surface area contributed by atoms with Crippen LogP contribution >= 0.6 is 0 Å². The van der Waals surface area contributed by atoms with Gasteiger partial charge in [-0.15, -0.1) is 0 Å². The Morgan fingerprint density at radius 2 is 1.45 bits per heavy atom. The summed E-state index contributed by atoms with van der Waals surface area (Å²) in [5.41, 5.74) is 0.960. The summed E-state index contributed by atoms with van der Waals surface area (Å²) in [6.07, 6.45) is 0.403. The molecular weight excluding hydrogens is 292 g/mol. The van der Waals surface area contributed by atoms with Crippen molar-refractivity contribution in [2.75, 3.05) is 10.6 Å². The Balaban J connectivity index is 2.29. The van der Waals surface area contributed by atoms with Gasteiger partial charge in [-0.25, -0.2) is 0 Å². The third kappa shape index (κ3) is 3.33. The third-order valence-corrected chi connectivity index (χ3v) is 2.79. The predicted molar refractivity (Wildman–Crippen MR) is 79.2 cm³/mol. The molecule has 0 unspecified atom stereocenters. The van der Waals surface area contributed by atoms with Gasteiger partial charge < -0.3 is 10.6 Å². The van der Waals surface area contributed by atoms with Crippen LogP contribution in [0.1, 0.15) is 0 Å². The molecule has 0 heterocycles. The van der Waals surface area contributed by atoms with Crippen LogP contribution in [-0.4, -0.2) is 16.3 Å². The summed E-state index contributed by atoms with van der Waals surface area (Å²) in [5.74, 6) is 0. The van der Waals surface area contributed by atoms with Crippen LogP contribution in [0.15, 0.2) is 42.5 Å². The number of nitrogens with one attached hydrogen (secondary N) is 2. The van der Waals surface area contributed by atoms with Gasteiger partial charge in [0.1, 0.15) is 0 Å². The molecule has 2 aromatic rings. The quantitative estimate of drug-likeness (QED) is 0.479. The van der Waals surface area contributed by atoms with Crippen LogP contribution < -0.4 is 10.6 Å². The van der Waals surface area contributed by atoms with Crippen LogP contribution in [-0.2, 0) is 4.79 Å². The molecule has 9 heteroatoms. The summed E-state index contributed by atoms with van der Waals surface area (Å²) in [6.45, 7) is 0. The second-order valence-corrected chi connectivity index (χ2v) is 4.18. The molecule has 22 heavy (non-hydrogen) atoms. The second kappa shape index (κ2) is 6.31. The smallest absolute Gasteiger partial charge is 0.271 e. The monoisotopic (exact) mass is 302 g/mol. The first-order valence-electron chi connectivity index (χ1n) is 6.01. The summed E-state index contributed by atoms with van der Waals surface area (Å²) in [6, 6.07) is 9.55. The highest BCUT2D eigenvalue weighted by atomic mass is 16.6. The van der Waals surface area contributed by atoms with E-state index in [1.54, 1.807) is 0 Å². The number of hydrogen-bond acceptors (Lipinski definition) is 6. The molecule has 2 N–H and O–H groups in total. The van der Waals surface area contributed by atoms with E-state index in [0.29, 0.717) is 17.8 Å². The first kappa shape index (κ1) is 14.9. The lowest BCUT2D eigenvalue weighted by Crippen LogP contribution is -2.01. The van der Waals surface area contributed by atoms with Crippen LogP contribution in [0.25, 0.3) is 0 Å². The maximum atomic E-state index is 10.7. The lowest BCUT2D eigenvalue weighted by Gasteiger charge is -2.11. The van der Waals surface area contributed by atoms with Gasteiger partial charge >= 0.3 is 0 Å². The van der Waals surface area contributed by atoms with Gasteiger partial charge in [0.2, 0.25) is 6.41 Å². The normalized spacial score (nSPS) is 9.82. The first-order valence-corrected chi connectivity index (χ1v) is 6.01. The SMILES string of the molecule is O=CNc1cc([N+](=O)[O-])ccc1Nc1ccc([N+](=O)[O-])cc1. The second-order valence-electron chi connectivity index (χ2n) is 4.18. The van der Waals surface area contributed by atoms with E-state index in [0.717, 1.165) is 0 Å². The molecule has 0 aliphatic carbocycles. The van der Waals surface area contributed by atoms with Crippen molar-refractivity contribution >= 4 is 34.8 Å². The number of carbonyl (C=O) groups excluding carboxylic acids is 1. The Labute approximate surface area is 123 Å². The molecule has 0 saturated heterocycles. The maximum Gasteiger partial charge on any atom is 0.271 e. The maximum absolute atomic E-state index is 10.7.